The van der Waals surface area contributed by atoms with Gasteiger partial charge >= 0.3 is 0 Å². The highest BCUT2D eigenvalue weighted by molar-refractivity contribution is 8.01. The lowest BCUT2D eigenvalue weighted by Crippen LogP contribution is -2.16. The van der Waals surface area contributed by atoms with Gasteiger partial charge in [-0.2, -0.15) is 0 Å². The molecule has 4 nitrogen and oxygen atoms in total. The summed E-state index contributed by atoms with van der Waals surface area (Å²) in [5, 5.41) is 13.7. The molecule has 0 unspecified atom stereocenters. The van der Waals surface area contributed by atoms with Crippen LogP contribution in [0.15, 0.2) is 27.7 Å². The quantitative estimate of drug-likeness (QED) is 0.911. The molecule has 1 N–H and O–H groups in total. The molecular formula is C12H14N4S2. The molecule has 94 valence electrons. The van der Waals surface area contributed by atoms with E-state index >= 15 is 0 Å². The summed E-state index contributed by atoms with van der Waals surface area (Å²) in [6.45, 7) is 2.86. The summed E-state index contributed by atoms with van der Waals surface area (Å²) in [5.41, 5.74) is 1.24. The molecule has 0 amide bonds. The first-order valence-electron chi connectivity index (χ1n) is 5.96. The van der Waals surface area contributed by atoms with Crippen LogP contribution in [0, 0.1) is 6.92 Å². The van der Waals surface area contributed by atoms with Gasteiger partial charge in [-0.3, -0.25) is 0 Å². The van der Waals surface area contributed by atoms with Crippen molar-refractivity contribution < 1.29 is 0 Å². The predicted molar refractivity (Wildman–Crippen MR) is 72.9 cm³/mol. The zero-order chi connectivity index (χ0) is 12.4. The third-order valence-corrected chi connectivity index (χ3v) is 4.65. The first-order valence-corrected chi connectivity index (χ1v) is 7.60. The van der Waals surface area contributed by atoms with Crippen LogP contribution in [0.1, 0.15) is 23.4 Å². The van der Waals surface area contributed by atoms with E-state index in [9.17, 15) is 0 Å². The molecule has 2 heterocycles. The van der Waals surface area contributed by atoms with Crippen LogP contribution < -0.4 is 5.32 Å². The molecule has 2 aromatic heterocycles. The molecular weight excluding hydrogens is 264 g/mol. The summed E-state index contributed by atoms with van der Waals surface area (Å²) in [6.07, 6.45) is 4.44. The summed E-state index contributed by atoms with van der Waals surface area (Å²) in [5.74, 6) is 0. The standard InChI is InChI=1S/C12H14N4S2/c1-8-15-16-12(17-8)18-11-9(3-2-6-13-11)7-14-10-4-5-10/h2-3,6,10,14H,4-5,7H2,1H3. The molecule has 3 rings (SSSR count). The maximum Gasteiger partial charge on any atom is 0.180 e. The van der Waals surface area contributed by atoms with Crippen LogP contribution in [0.25, 0.3) is 0 Å². The van der Waals surface area contributed by atoms with E-state index in [0.29, 0.717) is 6.04 Å². The van der Waals surface area contributed by atoms with Crippen molar-refractivity contribution in [3.63, 3.8) is 0 Å². The molecule has 18 heavy (non-hydrogen) atoms. The Morgan fingerprint density at radius 3 is 3.06 bits per heavy atom. The largest absolute Gasteiger partial charge is 0.310 e. The Kier molecular flexibility index (Phi) is 3.58. The Labute approximate surface area is 114 Å². The Bertz CT molecular complexity index is 536. The summed E-state index contributed by atoms with van der Waals surface area (Å²) < 4.78 is 0.957. The maximum absolute atomic E-state index is 4.44. The molecule has 1 saturated carbocycles. The van der Waals surface area contributed by atoms with E-state index in [1.165, 1.54) is 18.4 Å². The Morgan fingerprint density at radius 2 is 2.33 bits per heavy atom. The average molecular weight is 278 g/mol. The number of pyridine rings is 1. The van der Waals surface area contributed by atoms with Gasteiger partial charge in [0.25, 0.3) is 0 Å². The fraction of sp³-hybridized carbons (Fsp3) is 0.417. The average Bonchev–Trinajstić information content (AvgIpc) is 3.12. The maximum atomic E-state index is 4.44. The van der Waals surface area contributed by atoms with Crippen LogP contribution >= 0.6 is 23.1 Å². The monoisotopic (exact) mass is 278 g/mol. The van der Waals surface area contributed by atoms with Gasteiger partial charge in [-0.05, 0) is 43.2 Å². The predicted octanol–water partition coefficient (Wildman–Crippen LogP) is 2.64. The van der Waals surface area contributed by atoms with Crippen molar-refractivity contribution in [3.05, 3.63) is 28.9 Å². The summed E-state index contributed by atoms with van der Waals surface area (Å²) in [4.78, 5) is 4.44. The minimum atomic E-state index is 0.715. The zero-order valence-corrected chi connectivity index (χ0v) is 11.7. The van der Waals surface area contributed by atoms with Gasteiger partial charge in [-0.1, -0.05) is 17.4 Å². The zero-order valence-electron chi connectivity index (χ0n) is 10.1. The molecule has 0 saturated heterocycles. The van der Waals surface area contributed by atoms with Crippen LogP contribution in [0.3, 0.4) is 0 Å². The van der Waals surface area contributed by atoms with Gasteiger partial charge < -0.3 is 5.32 Å². The summed E-state index contributed by atoms with van der Waals surface area (Å²) in [6, 6.07) is 4.82. The van der Waals surface area contributed by atoms with Crippen molar-refractivity contribution in [2.75, 3.05) is 0 Å². The van der Waals surface area contributed by atoms with Gasteiger partial charge in [0.15, 0.2) is 4.34 Å². The number of aryl methyl sites for hydroxylation is 1. The molecule has 0 atom stereocenters. The smallest absolute Gasteiger partial charge is 0.180 e. The van der Waals surface area contributed by atoms with Crippen LogP contribution in [-0.4, -0.2) is 21.2 Å². The Morgan fingerprint density at radius 1 is 1.44 bits per heavy atom. The van der Waals surface area contributed by atoms with E-state index in [2.05, 4.69) is 26.6 Å². The first kappa shape index (κ1) is 12.1. The first-order chi connectivity index (χ1) is 8.81. The van der Waals surface area contributed by atoms with Gasteiger partial charge in [-0.25, -0.2) is 4.98 Å². The topological polar surface area (TPSA) is 50.7 Å². The van der Waals surface area contributed by atoms with Crippen molar-refractivity contribution in [1.29, 1.82) is 0 Å². The van der Waals surface area contributed by atoms with Crippen LogP contribution in [-0.2, 0) is 6.54 Å². The van der Waals surface area contributed by atoms with E-state index in [1.54, 1.807) is 23.1 Å². The number of rotatable bonds is 5. The SMILES string of the molecule is Cc1nnc(Sc2ncccc2CNC2CC2)s1. The molecule has 2 aromatic rings. The van der Waals surface area contributed by atoms with Crippen LogP contribution in [0.4, 0.5) is 0 Å². The lowest BCUT2D eigenvalue weighted by Gasteiger charge is -2.06. The summed E-state index contributed by atoms with van der Waals surface area (Å²) in [7, 11) is 0. The third kappa shape index (κ3) is 3.07. The normalized spacial score (nSPS) is 14.9. The summed E-state index contributed by atoms with van der Waals surface area (Å²) >= 11 is 3.21. The van der Waals surface area contributed by atoms with Gasteiger partial charge in [0.1, 0.15) is 10.0 Å². The molecule has 0 aliphatic heterocycles. The van der Waals surface area contributed by atoms with Gasteiger partial charge in [0.2, 0.25) is 0 Å². The molecule has 1 aliphatic rings. The van der Waals surface area contributed by atoms with Gasteiger partial charge in [0.05, 0.1) is 0 Å². The third-order valence-electron chi connectivity index (χ3n) is 2.70. The van der Waals surface area contributed by atoms with Crippen LogP contribution in [0.2, 0.25) is 0 Å². The van der Waals surface area contributed by atoms with Crippen molar-refractivity contribution >= 4 is 23.1 Å². The van der Waals surface area contributed by atoms with E-state index in [-0.39, 0.29) is 0 Å². The second-order valence-electron chi connectivity index (χ2n) is 4.31. The van der Waals surface area contributed by atoms with Crippen LogP contribution in [0.5, 0.6) is 0 Å². The van der Waals surface area contributed by atoms with E-state index in [4.69, 9.17) is 0 Å². The lowest BCUT2D eigenvalue weighted by atomic mass is 10.3. The van der Waals surface area contributed by atoms with E-state index in [1.807, 2.05) is 19.2 Å². The minimum absolute atomic E-state index is 0.715. The lowest BCUT2D eigenvalue weighted by molar-refractivity contribution is 0.675. The van der Waals surface area contributed by atoms with Crippen molar-refractivity contribution in [2.24, 2.45) is 0 Å². The Hall–Kier alpha value is -0.980. The second-order valence-corrected chi connectivity index (χ2v) is 6.73. The highest BCUT2D eigenvalue weighted by Crippen LogP contribution is 2.31. The molecule has 0 aromatic carbocycles. The molecule has 0 radical (unpaired) electrons. The van der Waals surface area contributed by atoms with Crippen molar-refractivity contribution in [1.82, 2.24) is 20.5 Å². The number of hydrogen-bond acceptors (Lipinski definition) is 6. The highest BCUT2D eigenvalue weighted by Gasteiger charge is 2.20. The highest BCUT2D eigenvalue weighted by atomic mass is 32.2. The van der Waals surface area contributed by atoms with Crippen molar-refractivity contribution in [3.8, 4) is 0 Å². The fourth-order valence-corrected chi connectivity index (χ4v) is 3.41. The van der Waals surface area contributed by atoms with E-state index < -0.39 is 0 Å². The number of hydrogen-bond donors (Lipinski definition) is 1. The number of nitrogens with zero attached hydrogens (tertiary/aromatic N) is 3. The number of aromatic nitrogens is 3. The van der Waals surface area contributed by atoms with Gasteiger partial charge in [-0.15, -0.1) is 10.2 Å². The molecule has 1 aliphatic carbocycles. The van der Waals surface area contributed by atoms with E-state index in [0.717, 1.165) is 20.9 Å². The van der Waals surface area contributed by atoms with Gasteiger partial charge in [0, 0.05) is 18.8 Å². The fourth-order valence-electron chi connectivity index (χ4n) is 1.59. The second kappa shape index (κ2) is 5.34. The molecule has 1 fully saturated rings. The minimum Gasteiger partial charge on any atom is -0.310 e. The molecule has 0 spiro atoms. The molecule has 0 bridgehead atoms. The Balaban J connectivity index is 1.73. The number of nitrogens with one attached hydrogen (secondary N) is 1. The molecule has 6 heteroatoms. The van der Waals surface area contributed by atoms with Crippen molar-refractivity contribution in [2.45, 2.75) is 41.7 Å².